The van der Waals surface area contributed by atoms with Gasteiger partial charge in [0.15, 0.2) is 17.5 Å². The van der Waals surface area contributed by atoms with Crippen LogP contribution < -0.4 is 15.3 Å². The van der Waals surface area contributed by atoms with Crippen LogP contribution in [-0.4, -0.2) is 5.11 Å². The van der Waals surface area contributed by atoms with Gasteiger partial charge in [0.25, 0.3) is 11.3 Å². The molecule has 3 heterocycles. The summed E-state index contributed by atoms with van der Waals surface area (Å²) in [5, 5.41) is 17.7. The number of anilines is 1. The number of hydrogen-bond acceptors (Lipinski definition) is 3. The summed E-state index contributed by atoms with van der Waals surface area (Å²) in [6.45, 7) is 4.09. The van der Waals surface area contributed by atoms with Gasteiger partial charge >= 0.3 is 0 Å². The lowest BCUT2D eigenvalue weighted by Gasteiger charge is -2.16. The van der Waals surface area contributed by atoms with Gasteiger partial charge in [-0.25, -0.2) is 9.97 Å². The molecule has 1 aromatic carbocycles. The number of phenols is 1. The molecule has 130 valence electrons. The van der Waals surface area contributed by atoms with Crippen molar-refractivity contribution in [2.24, 2.45) is 0 Å². The molecule has 4 aromatic rings. The molecule has 4 N–H and O–H groups in total. The Bertz CT molecular complexity index is 1060. The van der Waals surface area contributed by atoms with Crippen molar-refractivity contribution >= 4 is 28.1 Å². The fraction of sp³-hybridized carbons (Fsp3) is 0.143. The molecule has 4 rings (SSSR count). The van der Waals surface area contributed by atoms with Gasteiger partial charge in [-0.3, -0.25) is 5.32 Å². The molecular formula is C21H21N3OS+2. The highest BCUT2D eigenvalue weighted by Crippen LogP contribution is 2.38. The molecule has 0 saturated carbocycles. The number of thiophene rings is 1. The quantitative estimate of drug-likeness (QED) is 0.574. The lowest BCUT2D eigenvalue weighted by Crippen LogP contribution is -2.19. The lowest BCUT2D eigenvalue weighted by atomic mass is 9.99. The Morgan fingerprint density at radius 3 is 2.62 bits per heavy atom. The zero-order chi connectivity index (χ0) is 18.1. The van der Waals surface area contributed by atoms with Gasteiger partial charge in [0, 0.05) is 19.1 Å². The van der Waals surface area contributed by atoms with Crippen molar-refractivity contribution in [3.63, 3.8) is 0 Å². The standard InChI is InChI=1S/C21H19N3OS/c1-13-10-12-26-21(13)19(24-17-5-3-4-11-22-17)16-9-8-15-7-6-14(2)23-18(15)20(16)25/h3-12,19,25H,1-2H3,(H,22,24)/p+2. The van der Waals surface area contributed by atoms with Crippen molar-refractivity contribution in [3.05, 3.63) is 81.8 Å². The number of aromatic nitrogens is 2. The van der Waals surface area contributed by atoms with Gasteiger partial charge in [-0.15, -0.1) is 11.3 Å². The first-order valence-electron chi connectivity index (χ1n) is 8.55. The van der Waals surface area contributed by atoms with Crippen molar-refractivity contribution in [1.29, 1.82) is 0 Å². The van der Waals surface area contributed by atoms with E-state index in [0.717, 1.165) is 28.0 Å². The van der Waals surface area contributed by atoms with Gasteiger partial charge in [0.1, 0.15) is 0 Å². The molecule has 0 amide bonds. The summed E-state index contributed by atoms with van der Waals surface area (Å²) in [5.74, 6) is 1.19. The Balaban J connectivity index is 1.87. The Kier molecular flexibility index (Phi) is 4.31. The Morgan fingerprint density at radius 1 is 1.04 bits per heavy atom. The highest BCUT2D eigenvalue weighted by atomic mass is 32.1. The number of aromatic hydroxyl groups is 1. The van der Waals surface area contributed by atoms with Gasteiger partial charge in [0.05, 0.1) is 22.0 Å². The SMILES string of the molecule is Cc1ccc2ccc(C(Nc3cccc[nH+]3)c3sccc3C)c(O)c2[nH+]1. The Morgan fingerprint density at radius 2 is 1.88 bits per heavy atom. The number of pyridine rings is 2. The minimum atomic E-state index is -0.146. The summed E-state index contributed by atoms with van der Waals surface area (Å²) < 4.78 is 0. The summed E-state index contributed by atoms with van der Waals surface area (Å²) in [6, 6.07) is 16.0. The second kappa shape index (κ2) is 6.77. The molecule has 3 aromatic heterocycles. The largest absolute Gasteiger partial charge is 0.502 e. The number of H-pyrrole nitrogens is 2. The van der Waals surface area contributed by atoms with E-state index >= 15 is 0 Å². The van der Waals surface area contributed by atoms with E-state index in [2.05, 4.69) is 33.7 Å². The maximum atomic E-state index is 11.0. The molecule has 0 spiro atoms. The summed E-state index contributed by atoms with van der Waals surface area (Å²) in [4.78, 5) is 7.70. The van der Waals surface area contributed by atoms with Crippen LogP contribution in [0.4, 0.5) is 5.82 Å². The minimum absolute atomic E-state index is 0.146. The van der Waals surface area contributed by atoms with Gasteiger partial charge in [-0.1, -0.05) is 6.07 Å². The Labute approximate surface area is 156 Å². The van der Waals surface area contributed by atoms with E-state index in [4.69, 9.17) is 0 Å². The maximum absolute atomic E-state index is 11.0. The summed E-state index contributed by atoms with van der Waals surface area (Å²) in [6.07, 6.45) is 1.89. The molecule has 0 aliphatic heterocycles. The molecule has 1 unspecified atom stereocenters. The van der Waals surface area contributed by atoms with Crippen molar-refractivity contribution in [2.45, 2.75) is 19.9 Å². The number of fused-ring (bicyclic) bond motifs is 1. The van der Waals surface area contributed by atoms with Crippen LogP contribution in [0.2, 0.25) is 0 Å². The zero-order valence-electron chi connectivity index (χ0n) is 14.7. The fourth-order valence-electron chi connectivity index (χ4n) is 3.18. The number of benzene rings is 1. The average molecular weight is 363 g/mol. The summed E-state index contributed by atoms with van der Waals surface area (Å²) in [5.41, 5.74) is 3.83. The predicted molar refractivity (Wildman–Crippen MR) is 104 cm³/mol. The molecule has 0 bridgehead atoms. The number of rotatable bonds is 4. The second-order valence-electron chi connectivity index (χ2n) is 6.43. The highest BCUT2D eigenvalue weighted by Gasteiger charge is 2.27. The third-order valence-corrected chi connectivity index (χ3v) is 5.64. The average Bonchev–Trinajstić information content (AvgIpc) is 3.08. The zero-order valence-corrected chi connectivity index (χ0v) is 15.5. The van der Waals surface area contributed by atoms with E-state index in [-0.39, 0.29) is 11.8 Å². The lowest BCUT2D eigenvalue weighted by molar-refractivity contribution is -0.361. The van der Waals surface area contributed by atoms with E-state index in [1.165, 1.54) is 10.4 Å². The van der Waals surface area contributed by atoms with Gasteiger partial charge < -0.3 is 5.11 Å². The van der Waals surface area contributed by atoms with Crippen LogP contribution in [-0.2, 0) is 0 Å². The van der Waals surface area contributed by atoms with Crippen molar-refractivity contribution in [1.82, 2.24) is 0 Å². The fourth-order valence-corrected chi connectivity index (χ4v) is 4.18. The highest BCUT2D eigenvalue weighted by molar-refractivity contribution is 7.10. The molecule has 5 heteroatoms. The number of aromatic amines is 2. The molecule has 0 fully saturated rings. The molecule has 4 nitrogen and oxygen atoms in total. The smallest absolute Gasteiger partial charge is 0.272 e. The van der Waals surface area contributed by atoms with Crippen LogP contribution in [0.25, 0.3) is 10.9 Å². The van der Waals surface area contributed by atoms with E-state index < -0.39 is 0 Å². The van der Waals surface area contributed by atoms with Crippen LogP contribution in [0.15, 0.2) is 60.1 Å². The van der Waals surface area contributed by atoms with Crippen molar-refractivity contribution in [3.8, 4) is 5.75 Å². The van der Waals surface area contributed by atoms with Crippen LogP contribution >= 0.6 is 11.3 Å². The maximum Gasteiger partial charge on any atom is 0.272 e. The van der Waals surface area contributed by atoms with Crippen LogP contribution in [0.3, 0.4) is 0 Å². The molecular weight excluding hydrogens is 342 g/mol. The second-order valence-corrected chi connectivity index (χ2v) is 7.38. The van der Waals surface area contributed by atoms with Crippen LogP contribution in [0.1, 0.15) is 27.7 Å². The number of aryl methyl sites for hydroxylation is 2. The van der Waals surface area contributed by atoms with E-state index in [0.29, 0.717) is 0 Å². The minimum Gasteiger partial charge on any atom is -0.502 e. The first-order valence-corrected chi connectivity index (χ1v) is 9.43. The molecule has 0 radical (unpaired) electrons. The number of phenolic OH excluding ortho intramolecular Hbond substituents is 1. The first-order chi connectivity index (χ1) is 12.6. The van der Waals surface area contributed by atoms with Gasteiger partial charge in [-0.2, -0.15) is 0 Å². The van der Waals surface area contributed by atoms with Crippen molar-refractivity contribution in [2.75, 3.05) is 5.32 Å². The topological polar surface area (TPSA) is 60.5 Å². The van der Waals surface area contributed by atoms with Crippen LogP contribution in [0, 0.1) is 13.8 Å². The normalized spacial score (nSPS) is 12.2. The van der Waals surface area contributed by atoms with Gasteiger partial charge in [-0.05, 0) is 48.2 Å². The number of nitrogens with one attached hydrogen (secondary N) is 3. The van der Waals surface area contributed by atoms with E-state index in [1.807, 2.05) is 55.6 Å². The van der Waals surface area contributed by atoms with Gasteiger partial charge in [0.2, 0.25) is 0 Å². The Hall–Kier alpha value is -2.92. The third-order valence-electron chi connectivity index (χ3n) is 4.56. The van der Waals surface area contributed by atoms with E-state index in [1.54, 1.807) is 11.3 Å². The first kappa shape index (κ1) is 16.5. The van der Waals surface area contributed by atoms with E-state index in [9.17, 15) is 5.11 Å². The monoisotopic (exact) mass is 363 g/mol. The summed E-state index contributed by atoms with van der Waals surface area (Å²) in [7, 11) is 0. The molecule has 0 aliphatic rings. The predicted octanol–water partition coefficient (Wildman–Crippen LogP) is 4.05. The summed E-state index contributed by atoms with van der Waals surface area (Å²) >= 11 is 1.69. The van der Waals surface area contributed by atoms with Crippen molar-refractivity contribution < 1.29 is 15.1 Å². The molecule has 0 aliphatic carbocycles. The molecule has 0 saturated heterocycles. The number of hydrogen-bond donors (Lipinski definition) is 2. The third kappa shape index (κ3) is 3.02. The molecule has 1 atom stereocenters. The molecule has 26 heavy (non-hydrogen) atoms. The van der Waals surface area contributed by atoms with Crippen LogP contribution in [0.5, 0.6) is 5.75 Å².